The molecule has 0 aromatic heterocycles. The fraction of sp³-hybridized carbons (Fsp3) is 0.500. The zero-order valence-electron chi connectivity index (χ0n) is 9.04. The minimum atomic E-state index is 0.227. The van der Waals surface area contributed by atoms with Crippen LogP contribution >= 0.6 is 11.6 Å². The summed E-state index contributed by atoms with van der Waals surface area (Å²) in [5.41, 5.74) is 1.06. The summed E-state index contributed by atoms with van der Waals surface area (Å²) in [5, 5.41) is 13.1. The van der Waals surface area contributed by atoms with Gasteiger partial charge < -0.3 is 10.4 Å². The molecule has 1 aromatic carbocycles. The Balaban J connectivity index is 2.53. The molecule has 0 aliphatic heterocycles. The normalized spacial score (nSPS) is 12.5. The number of halogens is 1. The zero-order chi connectivity index (χ0) is 11.1. The van der Waals surface area contributed by atoms with Crippen LogP contribution in [-0.2, 0) is 0 Å². The van der Waals surface area contributed by atoms with Gasteiger partial charge in [0.15, 0.2) is 0 Å². The van der Waals surface area contributed by atoms with E-state index in [9.17, 15) is 0 Å². The first-order valence-electron chi connectivity index (χ1n) is 5.39. The smallest absolute Gasteiger partial charge is 0.0450 e. The number of anilines is 1. The van der Waals surface area contributed by atoms with Gasteiger partial charge in [-0.1, -0.05) is 24.9 Å². The van der Waals surface area contributed by atoms with Gasteiger partial charge in [-0.25, -0.2) is 0 Å². The molecule has 15 heavy (non-hydrogen) atoms. The lowest BCUT2D eigenvalue weighted by atomic mass is 10.1. The van der Waals surface area contributed by atoms with E-state index in [2.05, 4.69) is 12.2 Å². The van der Waals surface area contributed by atoms with E-state index >= 15 is 0 Å². The van der Waals surface area contributed by atoms with Crippen molar-refractivity contribution in [2.75, 3.05) is 11.9 Å². The van der Waals surface area contributed by atoms with Crippen molar-refractivity contribution in [3.8, 4) is 0 Å². The van der Waals surface area contributed by atoms with E-state index in [1.165, 1.54) is 0 Å². The Kier molecular flexibility index (Phi) is 5.51. The minimum Gasteiger partial charge on any atom is -0.396 e. The van der Waals surface area contributed by atoms with Crippen molar-refractivity contribution in [2.24, 2.45) is 0 Å². The third-order valence-corrected chi connectivity index (χ3v) is 2.58. The average Bonchev–Trinajstić information content (AvgIpc) is 2.22. The molecule has 0 fully saturated rings. The second-order valence-electron chi connectivity index (χ2n) is 3.65. The Morgan fingerprint density at radius 3 is 2.47 bits per heavy atom. The predicted molar refractivity (Wildman–Crippen MR) is 65.5 cm³/mol. The highest BCUT2D eigenvalue weighted by molar-refractivity contribution is 6.30. The largest absolute Gasteiger partial charge is 0.396 e. The standard InChI is InChI=1S/C12H18ClNO/c1-2-3-11(8-9-15)14-12-6-4-10(13)5-7-12/h4-7,11,14-15H,2-3,8-9H2,1H3. The van der Waals surface area contributed by atoms with Crippen LogP contribution in [0.25, 0.3) is 0 Å². The Labute approximate surface area is 96.3 Å². The van der Waals surface area contributed by atoms with Crippen LogP contribution in [0.1, 0.15) is 26.2 Å². The lowest BCUT2D eigenvalue weighted by molar-refractivity contribution is 0.276. The maximum absolute atomic E-state index is 8.92. The van der Waals surface area contributed by atoms with Crippen LogP contribution in [0.3, 0.4) is 0 Å². The van der Waals surface area contributed by atoms with E-state index in [1.54, 1.807) is 0 Å². The third-order valence-electron chi connectivity index (χ3n) is 2.33. The minimum absolute atomic E-state index is 0.227. The van der Waals surface area contributed by atoms with Crippen LogP contribution in [0.5, 0.6) is 0 Å². The molecule has 0 saturated carbocycles. The number of aliphatic hydroxyl groups is 1. The molecule has 1 unspecified atom stereocenters. The van der Waals surface area contributed by atoms with Gasteiger partial charge in [-0.2, -0.15) is 0 Å². The second-order valence-corrected chi connectivity index (χ2v) is 4.09. The van der Waals surface area contributed by atoms with Crippen LogP contribution in [0.2, 0.25) is 5.02 Å². The molecule has 2 nitrogen and oxygen atoms in total. The summed E-state index contributed by atoms with van der Waals surface area (Å²) in [7, 11) is 0. The molecule has 0 aliphatic rings. The lowest BCUT2D eigenvalue weighted by Crippen LogP contribution is -2.20. The molecule has 1 aromatic rings. The molecule has 0 saturated heterocycles. The Morgan fingerprint density at radius 1 is 1.27 bits per heavy atom. The Hall–Kier alpha value is -0.730. The molecular formula is C12H18ClNO. The maximum Gasteiger partial charge on any atom is 0.0450 e. The predicted octanol–water partition coefficient (Wildman–Crippen LogP) is 3.30. The van der Waals surface area contributed by atoms with Gasteiger partial charge in [-0.05, 0) is 37.1 Å². The van der Waals surface area contributed by atoms with Crippen LogP contribution in [0.4, 0.5) is 5.69 Å². The van der Waals surface area contributed by atoms with Crippen LogP contribution < -0.4 is 5.32 Å². The van der Waals surface area contributed by atoms with Crippen molar-refractivity contribution < 1.29 is 5.11 Å². The SMILES string of the molecule is CCCC(CCO)Nc1ccc(Cl)cc1. The second kappa shape index (κ2) is 6.70. The first-order chi connectivity index (χ1) is 7.26. The molecule has 0 amide bonds. The highest BCUT2D eigenvalue weighted by Crippen LogP contribution is 2.16. The Bertz CT molecular complexity index is 267. The monoisotopic (exact) mass is 227 g/mol. The molecule has 0 bridgehead atoms. The first-order valence-corrected chi connectivity index (χ1v) is 5.77. The van der Waals surface area contributed by atoms with Crippen LogP contribution in [0.15, 0.2) is 24.3 Å². The van der Waals surface area contributed by atoms with Crippen molar-refractivity contribution >= 4 is 17.3 Å². The van der Waals surface area contributed by atoms with Gasteiger partial charge in [0.2, 0.25) is 0 Å². The van der Waals surface area contributed by atoms with E-state index in [0.717, 1.165) is 30.0 Å². The van der Waals surface area contributed by atoms with E-state index in [1.807, 2.05) is 24.3 Å². The molecule has 1 rings (SSSR count). The molecule has 2 N–H and O–H groups in total. The van der Waals surface area contributed by atoms with Crippen molar-refractivity contribution in [1.29, 1.82) is 0 Å². The van der Waals surface area contributed by atoms with Gasteiger partial charge in [0.25, 0.3) is 0 Å². The quantitative estimate of drug-likeness (QED) is 0.782. The summed E-state index contributed by atoms with van der Waals surface area (Å²) < 4.78 is 0. The fourth-order valence-corrected chi connectivity index (χ4v) is 1.70. The molecule has 3 heteroatoms. The van der Waals surface area contributed by atoms with Gasteiger partial charge in [-0.15, -0.1) is 0 Å². The first kappa shape index (κ1) is 12.3. The number of hydrogen-bond donors (Lipinski definition) is 2. The summed E-state index contributed by atoms with van der Waals surface area (Å²) in [6, 6.07) is 8.00. The molecule has 84 valence electrons. The zero-order valence-corrected chi connectivity index (χ0v) is 9.80. The highest BCUT2D eigenvalue weighted by atomic mass is 35.5. The number of nitrogens with one attached hydrogen (secondary N) is 1. The van der Waals surface area contributed by atoms with Crippen LogP contribution in [-0.4, -0.2) is 17.8 Å². The summed E-state index contributed by atoms with van der Waals surface area (Å²) in [4.78, 5) is 0. The summed E-state index contributed by atoms with van der Waals surface area (Å²) in [6.07, 6.45) is 2.98. The highest BCUT2D eigenvalue weighted by Gasteiger charge is 2.06. The summed E-state index contributed by atoms with van der Waals surface area (Å²) in [6.45, 7) is 2.37. The summed E-state index contributed by atoms with van der Waals surface area (Å²) >= 11 is 5.80. The lowest BCUT2D eigenvalue weighted by Gasteiger charge is -2.18. The number of aliphatic hydroxyl groups excluding tert-OH is 1. The van der Waals surface area contributed by atoms with E-state index < -0.39 is 0 Å². The number of benzene rings is 1. The van der Waals surface area contributed by atoms with Gasteiger partial charge in [0.1, 0.15) is 0 Å². The molecule has 0 aliphatic carbocycles. The van der Waals surface area contributed by atoms with Gasteiger partial charge in [0, 0.05) is 23.4 Å². The third kappa shape index (κ3) is 4.54. The van der Waals surface area contributed by atoms with Crippen molar-refractivity contribution in [3.63, 3.8) is 0 Å². The summed E-state index contributed by atoms with van der Waals surface area (Å²) in [5.74, 6) is 0. The topological polar surface area (TPSA) is 32.3 Å². The number of hydrogen-bond acceptors (Lipinski definition) is 2. The van der Waals surface area contributed by atoms with Gasteiger partial charge in [0.05, 0.1) is 0 Å². The van der Waals surface area contributed by atoms with Gasteiger partial charge >= 0.3 is 0 Å². The molecule has 0 radical (unpaired) electrons. The maximum atomic E-state index is 8.92. The number of rotatable bonds is 6. The fourth-order valence-electron chi connectivity index (χ4n) is 1.57. The molecule has 0 heterocycles. The molecule has 1 atom stereocenters. The molecular weight excluding hydrogens is 210 g/mol. The van der Waals surface area contributed by atoms with E-state index in [4.69, 9.17) is 16.7 Å². The van der Waals surface area contributed by atoms with Crippen molar-refractivity contribution in [2.45, 2.75) is 32.2 Å². The van der Waals surface area contributed by atoms with Gasteiger partial charge in [-0.3, -0.25) is 0 Å². The van der Waals surface area contributed by atoms with E-state index in [-0.39, 0.29) is 6.61 Å². The molecule has 0 spiro atoms. The van der Waals surface area contributed by atoms with Crippen molar-refractivity contribution in [1.82, 2.24) is 0 Å². The Morgan fingerprint density at radius 2 is 1.93 bits per heavy atom. The van der Waals surface area contributed by atoms with Crippen molar-refractivity contribution in [3.05, 3.63) is 29.3 Å². The van der Waals surface area contributed by atoms with Crippen LogP contribution in [0, 0.1) is 0 Å². The average molecular weight is 228 g/mol. The van der Waals surface area contributed by atoms with E-state index in [0.29, 0.717) is 6.04 Å².